The fourth-order valence-electron chi connectivity index (χ4n) is 3.19. The molecule has 1 aromatic rings. The Bertz CT molecular complexity index is 780. The SMILES string of the molecule is CC(O)[C@H]1C(=O)N2C(C(=O)O)=C(SC3CCn4c(Cl)nnc43)S[C@H]12. The van der Waals surface area contributed by atoms with E-state index in [4.69, 9.17) is 11.6 Å². The maximum absolute atomic E-state index is 12.2. The third kappa shape index (κ3) is 2.20. The molecule has 1 saturated heterocycles. The summed E-state index contributed by atoms with van der Waals surface area (Å²) in [6, 6.07) is 0. The Labute approximate surface area is 150 Å². The van der Waals surface area contributed by atoms with Crippen molar-refractivity contribution in [3.05, 3.63) is 21.0 Å². The predicted octanol–water partition coefficient (Wildman–Crippen LogP) is 1.28. The highest BCUT2D eigenvalue weighted by atomic mass is 35.5. The highest BCUT2D eigenvalue weighted by Gasteiger charge is 2.58. The van der Waals surface area contributed by atoms with Crippen LogP contribution in [0.4, 0.5) is 0 Å². The fourth-order valence-corrected chi connectivity index (χ4v) is 6.64. The zero-order valence-electron chi connectivity index (χ0n) is 12.4. The van der Waals surface area contributed by atoms with Crippen LogP contribution in [0.1, 0.15) is 24.4 Å². The van der Waals surface area contributed by atoms with E-state index in [2.05, 4.69) is 10.2 Å². The number of hydrogen-bond acceptors (Lipinski definition) is 7. The summed E-state index contributed by atoms with van der Waals surface area (Å²) in [7, 11) is 0. The Morgan fingerprint density at radius 3 is 2.92 bits per heavy atom. The lowest BCUT2D eigenvalue weighted by Gasteiger charge is -2.43. The number of carbonyl (C=O) groups is 2. The van der Waals surface area contributed by atoms with Crippen molar-refractivity contribution in [2.45, 2.75) is 36.6 Å². The van der Waals surface area contributed by atoms with E-state index in [0.717, 1.165) is 12.2 Å². The molecule has 3 aliphatic rings. The van der Waals surface area contributed by atoms with Gasteiger partial charge in [0.15, 0.2) is 5.70 Å². The molecule has 24 heavy (non-hydrogen) atoms. The minimum Gasteiger partial charge on any atom is -0.477 e. The number of aliphatic hydroxyl groups is 1. The molecule has 4 rings (SSSR count). The number of halogens is 1. The largest absolute Gasteiger partial charge is 0.477 e. The van der Waals surface area contributed by atoms with Gasteiger partial charge < -0.3 is 14.8 Å². The molecule has 8 nitrogen and oxygen atoms in total. The van der Waals surface area contributed by atoms with Crippen LogP contribution in [0.5, 0.6) is 0 Å². The first-order chi connectivity index (χ1) is 11.4. The van der Waals surface area contributed by atoms with E-state index in [1.807, 2.05) is 0 Å². The second-order valence-electron chi connectivity index (χ2n) is 5.80. The van der Waals surface area contributed by atoms with Crippen LogP contribution in [0.2, 0.25) is 5.28 Å². The molecule has 2 N–H and O–H groups in total. The quantitative estimate of drug-likeness (QED) is 0.742. The standard InChI is InChI=1S/C13H13ClN4O4S2/c1-4(19)6-9(20)18-7(11(21)22)12(24-10(6)18)23-5-2-3-17-8(5)15-16-13(17)14/h4-6,10,19H,2-3H2,1H3,(H,21,22)/t4?,5?,6-,10+/m0/s1. The smallest absolute Gasteiger partial charge is 0.354 e. The first-order valence-corrected chi connectivity index (χ1v) is 9.44. The number of fused-ring (bicyclic) bond motifs is 2. The van der Waals surface area contributed by atoms with Gasteiger partial charge in [-0.2, -0.15) is 0 Å². The van der Waals surface area contributed by atoms with Gasteiger partial charge in [-0.05, 0) is 24.9 Å². The molecule has 2 unspecified atom stereocenters. The van der Waals surface area contributed by atoms with E-state index in [-0.39, 0.29) is 22.2 Å². The second-order valence-corrected chi connectivity index (χ2v) is 8.73. The zero-order valence-corrected chi connectivity index (χ0v) is 14.8. The van der Waals surface area contributed by atoms with Crippen LogP contribution in [0.3, 0.4) is 0 Å². The van der Waals surface area contributed by atoms with Gasteiger partial charge in [-0.1, -0.05) is 11.8 Å². The number of thioether (sulfide) groups is 2. The number of carbonyl (C=O) groups excluding carboxylic acids is 1. The average Bonchev–Trinajstić information content (AvgIpc) is 3.14. The van der Waals surface area contributed by atoms with Gasteiger partial charge in [0.1, 0.15) is 11.2 Å². The summed E-state index contributed by atoms with van der Waals surface area (Å²) >= 11 is 8.66. The third-order valence-electron chi connectivity index (χ3n) is 4.36. The number of aromatic nitrogens is 3. The molecule has 1 aromatic heterocycles. The molecular formula is C13H13ClN4O4S2. The van der Waals surface area contributed by atoms with E-state index in [1.165, 1.54) is 28.4 Å². The van der Waals surface area contributed by atoms with Crippen LogP contribution in [0.25, 0.3) is 0 Å². The highest BCUT2D eigenvalue weighted by molar-refractivity contribution is 8.22. The molecule has 0 radical (unpaired) electrons. The molecule has 1 amide bonds. The normalized spacial score (nSPS) is 29.5. The number of nitrogens with zero attached hydrogens (tertiary/aromatic N) is 4. The highest BCUT2D eigenvalue weighted by Crippen LogP contribution is 2.57. The molecular weight excluding hydrogens is 376 g/mol. The van der Waals surface area contributed by atoms with Crippen LogP contribution in [-0.4, -0.2) is 53.2 Å². The van der Waals surface area contributed by atoms with Crippen molar-refractivity contribution < 1.29 is 19.8 Å². The lowest BCUT2D eigenvalue weighted by atomic mass is 9.92. The van der Waals surface area contributed by atoms with E-state index >= 15 is 0 Å². The summed E-state index contributed by atoms with van der Waals surface area (Å²) in [5.74, 6) is -1.32. The van der Waals surface area contributed by atoms with E-state index in [9.17, 15) is 19.8 Å². The van der Waals surface area contributed by atoms with Gasteiger partial charge in [-0.25, -0.2) is 4.79 Å². The molecule has 0 saturated carbocycles. The van der Waals surface area contributed by atoms with Crippen molar-refractivity contribution in [2.75, 3.05) is 0 Å². The summed E-state index contributed by atoms with van der Waals surface area (Å²) in [6.07, 6.45) is -0.0380. The van der Waals surface area contributed by atoms with E-state index < -0.39 is 18.0 Å². The van der Waals surface area contributed by atoms with E-state index in [0.29, 0.717) is 16.1 Å². The summed E-state index contributed by atoms with van der Waals surface area (Å²) in [5.41, 5.74) is 0.000891. The van der Waals surface area contributed by atoms with Crippen molar-refractivity contribution in [2.24, 2.45) is 5.92 Å². The molecule has 0 bridgehead atoms. The van der Waals surface area contributed by atoms with Crippen LogP contribution in [-0.2, 0) is 16.1 Å². The topological polar surface area (TPSA) is 109 Å². The Kier molecular flexibility index (Phi) is 3.83. The lowest BCUT2D eigenvalue weighted by Crippen LogP contribution is -2.60. The van der Waals surface area contributed by atoms with Crippen molar-refractivity contribution in [3.8, 4) is 0 Å². The monoisotopic (exact) mass is 388 g/mol. The summed E-state index contributed by atoms with van der Waals surface area (Å²) in [5, 5.41) is 27.1. The first kappa shape index (κ1) is 16.2. The number of carboxylic acid groups (broad SMARTS) is 1. The van der Waals surface area contributed by atoms with Gasteiger partial charge in [-0.3, -0.25) is 9.69 Å². The van der Waals surface area contributed by atoms with Crippen LogP contribution in [0.15, 0.2) is 9.93 Å². The van der Waals surface area contributed by atoms with Crippen molar-refractivity contribution in [1.29, 1.82) is 0 Å². The van der Waals surface area contributed by atoms with Gasteiger partial charge in [0.2, 0.25) is 11.2 Å². The number of β-lactam (4-membered cyclic amide) rings is 1. The molecule has 4 heterocycles. The fraction of sp³-hybridized carbons (Fsp3) is 0.538. The van der Waals surface area contributed by atoms with Crippen molar-refractivity contribution in [3.63, 3.8) is 0 Å². The Balaban J connectivity index is 1.61. The maximum Gasteiger partial charge on any atom is 0.354 e. The van der Waals surface area contributed by atoms with Gasteiger partial charge in [0, 0.05) is 6.54 Å². The van der Waals surface area contributed by atoms with Gasteiger partial charge in [0.25, 0.3) is 0 Å². The summed E-state index contributed by atoms with van der Waals surface area (Å²) in [4.78, 5) is 25.1. The number of aliphatic hydroxyl groups excluding tert-OH is 1. The van der Waals surface area contributed by atoms with Gasteiger partial charge >= 0.3 is 5.97 Å². The minimum atomic E-state index is -1.14. The van der Waals surface area contributed by atoms with Crippen molar-refractivity contribution in [1.82, 2.24) is 19.7 Å². The predicted molar refractivity (Wildman–Crippen MR) is 88.0 cm³/mol. The Morgan fingerprint density at radius 2 is 2.25 bits per heavy atom. The molecule has 128 valence electrons. The number of aliphatic carboxylic acids is 1. The second kappa shape index (κ2) is 5.65. The van der Waals surface area contributed by atoms with E-state index in [1.54, 1.807) is 11.5 Å². The average molecular weight is 389 g/mol. The molecule has 0 aliphatic carbocycles. The Hall–Kier alpha value is -1.23. The molecule has 0 spiro atoms. The van der Waals surface area contributed by atoms with Gasteiger partial charge in [0.05, 0.1) is 21.5 Å². The van der Waals surface area contributed by atoms with Crippen LogP contribution < -0.4 is 0 Å². The summed E-state index contributed by atoms with van der Waals surface area (Å²) in [6.45, 7) is 2.23. The Morgan fingerprint density at radius 1 is 1.50 bits per heavy atom. The van der Waals surface area contributed by atoms with Crippen LogP contribution >= 0.6 is 35.1 Å². The molecule has 11 heteroatoms. The summed E-state index contributed by atoms with van der Waals surface area (Å²) < 4.78 is 2.37. The molecule has 4 atom stereocenters. The number of amides is 1. The maximum atomic E-state index is 12.2. The lowest BCUT2D eigenvalue weighted by molar-refractivity contribution is -0.156. The van der Waals surface area contributed by atoms with Crippen molar-refractivity contribution >= 4 is 47.0 Å². The number of hydrogen-bond donors (Lipinski definition) is 2. The number of carboxylic acids is 1. The van der Waals surface area contributed by atoms with Crippen LogP contribution in [0, 0.1) is 5.92 Å². The molecule has 1 fully saturated rings. The zero-order chi connectivity index (χ0) is 17.2. The third-order valence-corrected chi connectivity index (χ3v) is 7.50. The first-order valence-electron chi connectivity index (χ1n) is 7.30. The number of rotatable bonds is 4. The minimum absolute atomic E-state index is 0.000891. The molecule has 0 aromatic carbocycles. The van der Waals surface area contributed by atoms with Gasteiger partial charge in [-0.15, -0.1) is 22.0 Å². The molecule has 3 aliphatic heterocycles.